The third kappa shape index (κ3) is 4.09. The number of anilines is 1. The standard InChI is InChI=1S/C10H5BrF7NO/c11-4-1-2-6(5(12)3-4)19-8(20)7(9(13,14)15)10(16,17)18/h1-3,7H,(H,19,20). The van der Waals surface area contributed by atoms with Gasteiger partial charge in [0.2, 0.25) is 11.8 Å². The van der Waals surface area contributed by atoms with Gasteiger partial charge in [0.15, 0.2) is 0 Å². The Labute approximate surface area is 116 Å². The first kappa shape index (κ1) is 16.7. The molecule has 1 aromatic carbocycles. The highest BCUT2D eigenvalue weighted by atomic mass is 79.9. The van der Waals surface area contributed by atoms with Gasteiger partial charge in [-0.2, -0.15) is 26.3 Å². The molecule has 0 bridgehead atoms. The fourth-order valence-corrected chi connectivity index (χ4v) is 1.61. The van der Waals surface area contributed by atoms with Crippen molar-refractivity contribution in [1.29, 1.82) is 0 Å². The molecule has 10 heteroatoms. The molecule has 0 atom stereocenters. The van der Waals surface area contributed by atoms with E-state index in [0.29, 0.717) is 0 Å². The lowest BCUT2D eigenvalue weighted by Crippen LogP contribution is -2.45. The maximum absolute atomic E-state index is 13.3. The molecule has 0 aliphatic carbocycles. The summed E-state index contributed by atoms with van der Waals surface area (Å²) in [5.74, 6) is -7.79. The van der Waals surface area contributed by atoms with Crippen LogP contribution < -0.4 is 5.32 Å². The Morgan fingerprint density at radius 2 is 1.60 bits per heavy atom. The average molecular weight is 368 g/mol. The first-order chi connectivity index (χ1) is 8.93. The summed E-state index contributed by atoms with van der Waals surface area (Å²) in [5, 5.41) is 1.28. The van der Waals surface area contributed by atoms with E-state index in [4.69, 9.17) is 0 Å². The number of hydrogen-bond acceptors (Lipinski definition) is 1. The summed E-state index contributed by atoms with van der Waals surface area (Å²) < 4.78 is 87.0. The van der Waals surface area contributed by atoms with Crippen LogP contribution in [0.2, 0.25) is 0 Å². The van der Waals surface area contributed by atoms with Crippen LogP contribution >= 0.6 is 15.9 Å². The van der Waals surface area contributed by atoms with Gasteiger partial charge in [-0.25, -0.2) is 4.39 Å². The SMILES string of the molecule is O=C(Nc1ccc(Br)cc1F)C(C(F)(F)F)C(F)(F)F. The maximum Gasteiger partial charge on any atom is 0.409 e. The van der Waals surface area contributed by atoms with Crippen molar-refractivity contribution in [2.75, 3.05) is 5.32 Å². The molecule has 0 spiro atoms. The van der Waals surface area contributed by atoms with Gasteiger partial charge in [0.05, 0.1) is 5.69 Å². The molecule has 0 fully saturated rings. The molecule has 0 unspecified atom stereocenters. The number of carbonyl (C=O) groups excluding carboxylic acids is 1. The first-order valence-electron chi connectivity index (χ1n) is 4.82. The smallest absolute Gasteiger partial charge is 0.323 e. The second-order valence-corrected chi connectivity index (χ2v) is 4.55. The highest BCUT2D eigenvalue weighted by Gasteiger charge is 2.61. The molecular formula is C10H5BrF7NO. The van der Waals surface area contributed by atoms with Gasteiger partial charge < -0.3 is 5.32 Å². The van der Waals surface area contributed by atoms with Gasteiger partial charge in [0.1, 0.15) is 5.82 Å². The Balaban J connectivity index is 3.04. The van der Waals surface area contributed by atoms with Crippen LogP contribution in [0.1, 0.15) is 0 Å². The molecule has 112 valence electrons. The predicted molar refractivity (Wildman–Crippen MR) is 58.3 cm³/mol. The van der Waals surface area contributed by atoms with Crippen LogP contribution in [0, 0.1) is 11.7 Å². The maximum atomic E-state index is 13.3. The highest BCUT2D eigenvalue weighted by Crippen LogP contribution is 2.40. The zero-order valence-corrected chi connectivity index (χ0v) is 10.8. The number of benzene rings is 1. The van der Waals surface area contributed by atoms with Crippen molar-refractivity contribution in [3.63, 3.8) is 0 Å². The lowest BCUT2D eigenvalue weighted by atomic mass is 10.1. The van der Waals surface area contributed by atoms with Gasteiger partial charge in [0, 0.05) is 4.47 Å². The molecule has 1 N–H and O–H groups in total. The molecule has 20 heavy (non-hydrogen) atoms. The largest absolute Gasteiger partial charge is 0.409 e. The Morgan fingerprint density at radius 3 is 2.00 bits per heavy atom. The second-order valence-electron chi connectivity index (χ2n) is 3.63. The summed E-state index contributed by atoms with van der Waals surface area (Å²) in [7, 11) is 0. The molecule has 0 aliphatic rings. The molecule has 0 aliphatic heterocycles. The second kappa shape index (κ2) is 5.58. The van der Waals surface area contributed by atoms with E-state index in [1.54, 1.807) is 0 Å². The summed E-state index contributed by atoms with van der Waals surface area (Å²) in [6, 6.07) is 2.77. The van der Waals surface area contributed by atoms with Crippen molar-refractivity contribution in [1.82, 2.24) is 0 Å². The van der Waals surface area contributed by atoms with Gasteiger partial charge in [-0.05, 0) is 18.2 Å². The van der Waals surface area contributed by atoms with Crippen LogP contribution in [0.25, 0.3) is 0 Å². The quantitative estimate of drug-likeness (QED) is 0.777. The topological polar surface area (TPSA) is 29.1 Å². The van der Waals surface area contributed by atoms with Crippen molar-refractivity contribution >= 4 is 27.5 Å². The van der Waals surface area contributed by atoms with E-state index in [1.165, 1.54) is 5.32 Å². The number of nitrogens with one attached hydrogen (secondary N) is 1. The van der Waals surface area contributed by atoms with E-state index in [-0.39, 0.29) is 4.47 Å². The predicted octanol–water partition coefficient (Wildman–Crippen LogP) is 4.27. The Bertz CT molecular complexity index is 497. The summed E-state index contributed by atoms with van der Waals surface area (Å²) in [4.78, 5) is 11.1. The van der Waals surface area contributed by atoms with Crippen LogP contribution in [0.4, 0.5) is 36.4 Å². The van der Waals surface area contributed by atoms with Crippen LogP contribution in [0.15, 0.2) is 22.7 Å². The van der Waals surface area contributed by atoms with Crippen molar-refractivity contribution in [2.45, 2.75) is 12.4 Å². The number of alkyl halides is 6. The number of amides is 1. The molecule has 1 rings (SSSR count). The summed E-state index contributed by atoms with van der Waals surface area (Å²) >= 11 is 2.84. The van der Waals surface area contributed by atoms with Gasteiger partial charge in [-0.15, -0.1) is 0 Å². The van der Waals surface area contributed by atoms with Crippen molar-refractivity contribution < 1.29 is 35.5 Å². The minimum Gasteiger partial charge on any atom is -0.323 e. The Morgan fingerprint density at radius 1 is 1.10 bits per heavy atom. The molecular weight excluding hydrogens is 363 g/mol. The summed E-state index contributed by atoms with van der Waals surface area (Å²) in [5.41, 5.74) is -0.781. The molecule has 0 aromatic heterocycles. The molecule has 2 nitrogen and oxygen atoms in total. The van der Waals surface area contributed by atoms with Crippen LogP contribution in [-0.4, -0.2) is 18.3 Å². The zero-order chi connectivity index (χ0) is 15.7. The van der Waals surface area contributed by atoms with Crippen molar-refractivity contribution in [2.24, 2.45) is 5.92 Å². The lowest BCUT2D eigenvalue weighted by Gasteiger charge is -2.22. The number of hydrogen-bond donors (Lipinski definition) is 1. The molecule has 0 saturated heterocycles. The Kier molecular flexibility index (Phi) is 4.67. The molecule has 1 amide bonds. The number of carbonyl (C=O) groups is 1. The third-order valence-electron chi connectivity index (χ3n) is 2.11. The molecule has 0 heterocycles. The first-order valence-corrected chi connectivity index (χ1v) is 5.61. The van der Waals surface area contributed by atoms with Gasteiger partial charge in [0.25, 0.3) is 0 Å². The Hall–Kier alpha value is -1.32. The van der Waals surface area contributed by atoms with Gasteiger partial charge in [-0.1, -0.05) is 15.9 Å². The van der Waals surface area contributed by atoms with Crippen molar-refractivity contribution in [3.05, 3.63) is 28.5 Å². The van der Waals surface area contributed by atoms with Crippen LogP contribution in [0.5, 0.6) is 0 Å². The number of halogens is 8. The fraction of sp³-hybridized carbons (Fsp3) is 0.300. The van der Waals surface area contributed by atoms with Gasteiger partial charge in [-0.3, -0.25) is 4.79 Å². The van der Waals surface area contributed by atoms with E-state index in [1.807, 2.05) is 0 Å². The number of rotatable bonds is 2. The van der Waals surface area contributed by atoms with E-state index in [0.717, 1.165) is 18.2 Å². The summed E-state index contributed by atoms with van der Waals surface area (Å²) in [6.45, 7) is 0. The van der Waals surface area contributed by atoms with E-state index >= 15 is 0 Å². The van der Waals surface area contributed by atoms with Crippen LogP contribution in [0.3, 0.4) is 0 Å². The van der Waals surface area contributed by atoms with E-state index < -0.39 is 35.7 Å². The molecule has 1 aromatic rings. The minimum absolute atomic E-state index is 0.205. The highest BCUT2D eigenvalue weighted by molar-refractivity contribution is 9.10. The third-order valence-corrected chi connectivity index (χ3v) is 2.60. The minimum atomic E-state index is -5.83. The van der Waals surface area contributed by atoms with Crippen LogP contribution in [-0.2, 0) is 4.79 Å². The molecule has 0 radical (unpaired) electrons. The monoisotopic (exact) mass is 367 g/mol. The molecule has 0 saturated carbocycles. The normalized spacial score (nSPS) is 12.7. The van der Waals surface area contributed by atoms with E-state index in [2.05, 4.69) is 15.9 Å². The van der Waals surface area contributed by atoms with Crippen molar-refractivity contribution in [3.8, 4) is 0 Å². The fourth-order valence-electron chi connectivity index (χ4n) is 1.28. The van der Waals surface area contributed by atoms with Gasteiger partial charge >= 0.3 is 12.4 Å². The van der Waals surface area contributed by atoms with E-state index in [9.17, 15) is 35.5 Å². The zero-order valence-electron chi connectivity index (χ0n) is 9.24. The average Bonchev–Trinajstić information content (AvgIpc) is 2.17. The summed E-state index contributed by atoms with van der Waals surface area (Å²) in [6.07, 6.45) is -11.7. The lowest BCUT2D eigenvalue weighted by molar-refractivity contribution is -0.272.